The molecule has 140 valence electrons. The number of benzene rings is 2. The van der Waals surface area contributed by atoms with Gasteiger partial charge in [-0.2, -0.15) is 0 Å². The zero-order valence-corrected chi connectivity index (χ0v) is 15.7. The Balaban J connectivity index is 1.35. The molecule has 1 aliphatic rings. The molecule has 2 aromatic carbocycles. The summed E-state index contributed by atoms with van der Waals surface area (Å²) in [5.41, 5.74) is 3.26. The Hall–Kier alpha value is -2.44. The first-order valence-corrected chi connectivity index (χ1v) is 9.54. The van der Waals surface area contributed by atoms with Crippen molar-refractivity contribution in [3.05, 3.63) is 58.6 Å². The van der Waals surface area contributed by atoms with Gasteiger partial charge in [-0.05, 0) is 59.4 Å². The quantitative estimate of drug-likeness (QED) is 0.728. The van der Waals surface area contributed by atoms with Gasteiger partial charge in [0, 0.05) is 19.6 Å². The third-order valence-electron chi connectivity index (χ3n) is 5.04. The predicted molar refractivity (Wildman–Crippen MR) is 104 cm³/mol. The molecule has 1 aromatic heterocycles. The summed E-state index contributed by atoms with van der Waals surface area (Å²) in [6.07, 6.45) is 2.22. The number of carbonyl (C=O) groups is 1. The number of nitrogens with one attached hydrogen (secondary N) is 1. The van der Waals surface area contributed by atoms with Crippen LogP contribution in [0.25, 0.3) is 11.0 Å². The number of carbonyl (C=O) groups excluding carboxylic acids is 1. The molecule has 1 fully saturated rings. The van der Waals surface area contributed by atoms with Gasteiger partial charge in [0.25, 0.3) is 5.91 Å². The molecule has 0 radical (unpaired) electrons. The third kappa shape index (κ3) is 4.12. The molecule has 7 heteroatoms. The summed E-state index contributed by atoms with van der Waals surface area (Å²) in [6.45, 7) is 3.43. The molecule has 4 rings (SSSR count). The molecule has 1 saturated heterocycles. The van der Waals surface area contributed by atoms with Crippen LogP contribution < -0.4 is 5.32 Å². The van der Waals surface area contributed by atoms with E-state index in [1.807, 2.05) is 24.3 Å². The Bertz CT molecular complexity index is 942. The van der Waals surface area contributed by atoms with Crippen LogP contribution in [0.15, 0.2) is 47.1 Å². The lowest BCUT2D eigenvalue weighted by Gasteiger charge is -2.32. The molecule has 3 aromatic rings. The Kier molecular flexibility index (Phi) is 5.36. The van der Waals surface area contributed by atoms with E-state index in [9.17, 15) is 4.79 Å². The van der Waals surface area contributed by atoms with Crippen LogP contribution in [0, 0.1) is 5.92 Å². The summed E-state index contributed by atoms with van der Waals surface area (Å²) in [5, 5.41) is 11.4. The van der Waals surface area contributed by atoms with Crippen LogP contribution in [0.4, 0.5) is 0 Å². The summed E-state index contributed by atoms with van der Waals surface area (Å²) < 4.78 is 4.86. The maximum Gasteiger partial charge on any atom is 0.252 e. The normalized spacial score (nSPS) is 17.9. The van der Waals surface area contributed by atoms with Gasteiger partial charge in [0.15, 0.2) is 0 Å². The molecule has 1 atom stereocenters. The van der Waals surface area contributed by atoms with Crippen LogP contribution in [-0.2, 0) is 6.54 Å². The third-order valence-corrected chi connectivity index (χ3v) is 5.37. The van der Waals surface area contributed by atoms with Crippen molar-refractivity contribution in [3.8, 4) is 0 Å². The smallest absolute Gasteiger partial charge is 0.252 e. The van der Waals surface area contributed by atoms with Crippen molar-refractivity contribution in [2.24, 2.45) is 5.92 Å². The first-order valence-electron chi connectivity index (χ1n) is 9.16. The lowest BCUT2D eigenvalue weighted by atomic mass is 9.97. The van der Waals surface area contributed by atoms with E-state index in [-0.39, 0.29) is 5.91 Å². The van der Waals surface area contributed by atoms with Gasteiger partial charge in [0.1, 0.15) is 11.0 Å². The standard InChI is InChI=1S/C20H21ClN4O2/c21-17-8-2-1-7-16(17)20(26)22-11-14-5-4-10-25(12-14)13-15-6-3-9-18-19(15)24-27-23-18/h1-3,6-9,14H,4-5,10-13H2,(H,22,26). The molecule has 1 amide bonds. The molecule has 1 unspecified atom stereocenters. The summed E-state index contributed by atoms with van der Waals surface area (Å²) in [4.78, 5) is 14.8. The fraction of sp³-hybridized carbons (Fsp3) is 0.350. The largest absolute Gasteiger partial charge is 0.352 e. The Morgan fingerprint density at radius 1 is 1.22 bits per heavy atom. The monoisotopic (exact) mass is 384 g/mol. The summed E-state index contributed by atoms with van der Waals surface area (Å²) in [6, 6.07) is 13.1. The van der Waals surface area contributed by atoms with Gasteiger partial charge >= 0.3 is 0 Å². The van der Waals surface area contributed by atoms with Crippen LogP contribution in [0.1, 0.15) is 28.8 Å². The van der Waals surface area contributed by atoms with Gasteiger partial charge in [-0.15, -0.1) is 0 Å². The molecule has 1 aliphatic heterocycles. The van der Waals surface area contributed by atoms with Crippen molar-refractivity contribution >= 4 is 28.5 Å². The van der Waals surface area contributed by atoms with Crippen LogP contribution in [0.2, 0.25) is 5.02 Å². The van der Waals surface area contributed by atoms with E-state index < -0.39 is 0 Å². The maximum absolute atomic E-state index is 12.4. The molecule has 2 heterocycles. The van der Waals surface area contributed by atoms with Crippen LogP contribution >= 0.6 is 11.6 Å². The molecular weight excluding hydrogens is 364 g/mol. The van der Waals surface area contributed by atoms with E-state index in [4.69, 9.17) is 16.2 Å². The highest BCUT2D eigenvalue weighted by Crippen LogP contribution is 2.22. The van der Waals surface area contributed by atoms with Crippen molar-refractivity contribution in [1.29, 1.82) is 0 Å². The minimum Gasteiger partial charge on any atom is -0.352 e. The zero-order valence-electron chi connectivity index (χ0n) is 14.9. The second-order valence-electron chi connectivity index (χ2n) is 6.98. The van der Waals surface area contributed by atoms with E-state index >= 15 is 0 Å². The second kappa shape index (κ2) is 8.06. The first-order chi connectivity index (χ1) is 13.2. The number of rotatable bonds is 5. The number of piperidine rings is 1. The molecule has 0 spiro atoms. The number of hydrogen-bond acceptors (Lipinski definition) is 5. The molecule has 6 nitrogen and oxygen atoms in total. The van der Waals surface area contributed by atoms with Crippen molar-refractivity contribution in [1.82, 2.24) is 20.5 Å². The lowest BCUT2D eigenvalue weighted by Crippen LogP contribution is -2.40. The van der Waals surface area contributed by atoms with Gasteiger partial charge in [-0.3, -0.25) is 9.69 Å². The number of nitrogens with zero attached hydrogens (tertiary/aromatic N) is 3. The summed E-state index contributed by atoms with van der Waals surface area (Å²) in [7, 11) is 0. The van der Waals surface area contributed by atoms with Crippen molar-refractivity contribution in [2.75, 3.05) is 19.6 Å². The molecule has 0 aliphatic carbocycles. The highest BCUT2D eigenvalue weighted by molar-refractivity contribution is 6.33. The fourth-order valence-corrected chi connectivity index (χ4v) is 3.89. The van der Waals surface area contributed by atoms with Gasteiger partial charge in [0.2, 0.25) is 0 Å². The first kappa shape index (κ1) is 17.9. The predicted octanol–water partition coefficient (Wildman–Crippen LogP) is 3.52. The van der Waals surface area contributed by atoms with Crippen molar-refractivity contribution in [3.63, 3.8) is 0 Å². The van der Waals surface area contributed by atoms with E-state index in [2.05, 4.69) is 26.6 Å². The number of aromatic nitrogens is 2. The molecular formula is C20H21ClN4O2. The Morgan fingerprint density at radius 2 is 2.11 bits per heavy atom. The maximum atomic E-state index is 12.4. The van der Waals surface area contributed by atoms with E-state index in [0.717, 1.165) is 49.1 Å². The zero-order chi connectivity index (χ0) is 18.6. The molecule has 0 saturated carbocycles. The number of likely N-dealkylation sites (tertiary alicyclic amines) is 1. The SMILES string of the molecule is O=C(NCC1CCCN(Cc2cccc3nonc23)C1)c1ccccc1Cl. The minimum atomic E-state index is -0.115. The van der Waals surface area contributed by atoms with E-state index in [1.54, 1.807) is 12.1 Å². The van der Waals surface area contributed by atoms with Crippen molar-refractivity contribution < 1.29 is 9.42 Å². The average Bonchev–Trinajstić information content (AvgIpc) is 3.17. The average molecular weight is 385 g/mol. The van der Waals surface area contributed by atoms with Gasteiger partial charge < -0.3 is 5.32 Å². The van der Waals surface area contributed by atoms with Crippen molar-refractivity contribution in [2.45, 2.75) is 19.4 Å². The number of hydrogen-bond donors (Lipinski definition) is 1. The lowest BCUT2D eigenvalue weighted by molar-refractivity contribution is 0.0931. The van der Waals surface area contributed by atoms with Crippen LogP contribution in [0.3, 0.4) is 0 Å². The molecule has 0 bridgehead atoms. The Morgan fingerprint density at radius 3 is 3.00 bits per heavy atom. The minimum absolute atomic E-state index is 0.115. The number of fused-ring (bicyclic) bond motifs is 1. The van der Waals surface area contributed by atoms with Gasteiger partial charge in [-0.25, -0.2) is 4.63 Å². The molecule has 1 N–H and O–H groups in total. The van der Waals surface area contributed by atoms with E-state index in [1.165, 1.54) is 0 Å². The van der Waals surface area contributed by atoms with E-state index in [0.29, 0.717) is 23.0 Å². The van der Waals surface area contributed by atoms with Gasteiger partial charge in [0.05, 0.1) is 10.6 Å². The number of amides is 1. The topological polar surface area (TPSA) is 71.3 Å². The highest BCUT2D eigenvalue weighted by Gasteiger charge is 2.22. The highest BCUT2D eigenvalue weighted by atomic mass is 35.5. The summed E-state index contributed by atoms with van der Waals surface area (Å²) >= 11 is 6.10. The summed E-state index contributed by atoms with van der Waals surface area (Å²) in [5.74, 6) is 0.302. The fourth-order valence-electron chi connectivity index (χ4n) is 3.67. The Labute approximate surface area is 162 Å². The van der Waals surface area contributed by atoms with Crippen LogP contribution in [0.5, 0.6) is 0 Å². The second-order valence-corrected chi connectivity index (χ2v) is 7.39. The van der Waals surface area contributed by atoms with Gasteiger partial charge in [-0.1, -0.05) is 35.9 Å². The number of halogens is 1. The van der Waals surface area contributed by atoms with Crippen LogP contribution in [-0.4, -0.2) is 40.8 Å². The molecule has 27 heavy (non-hydrogen) atoms.